The van der Waals surface area contributed by atoms with E-state index in [-0.39, 0.29) is 0 Å². The first-order chi connectivity index (χ1) is 12.9. The van der Waals surface area contributed by atoms with E-state index >= 15 is 0 Å². The molecule has 142 valence electrons. The Morgan fingerprint density at radius 3 is 2.52 bits per heavy atom. The highest BCUT2D eigenvalue weighted by Crippen LogP contribution is 2.32. The van der Waals surface area contributed by atoms with Crippen molar-refractivity contribution in [2.24, 2.45) is 7.05 Å². The molecule has 4 rings (SSSR count). The molecule has 0 unspecified atom stereocenters. The normalized spacial score (nSPS) is 15.9. The number of nitrogens with zero attached hydrogens (tertiary/aromatic N) is 3. The second-order valence-corrected chi connectivity index (χ2v) is 9.05. The highest BCUT2D eigenvalue weighted by molar-refractivity contribution is 7.90. The summed E-state index contributed by atoms with van der Waals surface area (Å²) < 4.78 is 25.4. The second kappa shape index (κ2) is 6.94. The van der Waals surface area contributed by atoms with Crippen LogP contribution >= 0.6 is 0 Å². The summed E-state index contributed by atoms with van der Waals surface area (Å²) in [6.07, 6.45) is 6.94. The van der Waals surface area contributed by atoms with Crippen LogP contribution in [-0.4, -0.2) is 48.3 Å². The number of sulfone groups is 1. The minimum Gasteiger partial charge on any atom is -0.365 e. The number of benzene rings is 1. The molecule has 0 saturated carbocycles. The molecule has 3 aromatic rings. The predicted octanol–water partition coefficient (Wildman–Crippen LogP) is 2.20. The molecule has 0 radical (unpaired) electrons. The average Bonchev–Trinajstić information content (AvgIpc) is 3.00. The minimum absolute atomic E-state index is 0.314. The van der Waals surface area contributed by atoms with Crippen molar-refractivity contribution in [1.82, 2.24) is 19.9 Å². The zero-order chi connectivity index (χ0) is 19.0. The Hall–Kier alpha value is -2.45. The maximum absolute atomic E-state index is 11.7. The number of fused-ring (bicyclic) bond motifs is 1. The molecule has 0 spiro atoms. The second-order valence-electron chi connectivity index (χ2n) is 7.04. The fraction of sp³-hybridized carbons (Fsp3) is 0.368. The van der Waals surface area contributed by atoms with E-state index in [2.05, 4.69) is 20.6 Å². The predicted molar refractivity (Wildman–Crippen MR) is 107 cm³/mol. The van der Waals surface area contributed by atoms with Gasteiger partial charge in [-0.05, 0) is 43.6 Å². The SMILES string of the molecule is Cn1cc(-c2ccc(S(C)(=O)=O)cc2)c2ncnc(NC3CCNCC3)c21. The molecule has 7 nitrogen and oxygen atoms in total. The Balaban J connectivity index is 1.73. The lowest BCUT2D eigenvalue weighted by atomic mass is 10.1. The van der Waals surface area contributed by atoms with Gasteiger partial charge in [-0.15, -0.1) is 0 Å². The van der Waals surface area contributed by atoms with Gasteiger partial charge in [0.2, 0.25) is 0 Å². The van der Waals surface area contributed by atoms with Crippen LogP contribution in [0.3, 0.4) is 0 Å². The molecular formula is C19H23N5O2S. The standard InChI is InChI=1S/C19H23N5O2S/c1-24-11-16(13-3-5-15(6-4-13)27(2,25)26)17-18(24)19(22-12-21-17)23-14-7-9-20-10-8-14/h3-6,11-12,14,20H,7-10H2,1-2H3,(H,21,22,23). The van der Waals surface area contributed by atoms with Crippen LogP contribution < -0.4 is 10.6 Å². The van der Waals surface area contributed by atoms with Crippen LogP contribution in [0.4, 0.5) is 5.82 Å². The molecule has 1 aliphatic heterocycles. The lowest BCUT2D eigenvalue weighted by Crippen LogP contribution is -2.35. The van der Waals surface area contributed by atoms with Crippen LogP contribution in [0.1, 0.15) is 12.8 Å². The van der Waals surface area contributed by atoms with Crippen LogP contribution in [0.2, 0.25) is 0 Å². The number of hydrogen-bond donors (Lipinski definition) is 2. The molecule has 0 bridgehead atoms. The molecule has 8 heteroatoms. The van der Waals surface area contributed by atoms with E-state index in [1.807, 2.05) is 29.9 Å². The van der Waals surface area contributed by atoms with Crippen LogP contribution in [-0.2, 0) is 16.9 Å². The summed E-state index contributed by atoms with van der Waals surface area (Å²) in [5.41, 5.74) is 3.71. The monoisotopic (exact) mass is 385 g/mol. The fourth-order valence-electron chi connectivity index (χ4n) is 3.59. The van der Waals surface area contributed by atoms with Crippen molar-refractivity contribution in [2.45, 2.75) is 23.8 Å². The molecule has 1 aromatic carbocycles. The summed E-state index contributed by atoms with van der Waals surface area (Å²) in [7, 11) is -1.23. The van der Waals surface area contributed by atoms with Crippen molar-refractivity contribution in [1.29, 1.82) is 0 Å². The Morgan fingerprint density at radius 1 is 1.15 bits per heavy atom. The maximum Gasteiger partial charge on any atom is 0.175 e. The number of anilines is 1. The topological polar surface area (TPSA) is 88.9 Å². The fourth-order valence-corrected chi connectivity index (χ4v) is 4.22. The molecule has 0 aliphatic carbocycles. The summed E-state index contributed by atoms with van der Waals surface area (Å²) >= 11 is 0. The molecule has 3 heterocycles. The lowest BCUT2D eigenvalue weighted by molar-refractivity contribution is 0.478. The van der Waals surface area contributed by atoms with Crippen molar-refractivity contribution in [3.05, 3.63) is 36.8 Å². The average molecular weight is 385 g/mol. The summed E-state index contributed by atoms with van der Waals surface area (Å²) in [4.78, 5) is 9.29. The Kier molecular flexibility index (Phi) is 4.61. The minimum atomic E-state index is -3.21. The van der Waals surface area contributed by atoms with Crippen LogP contribution in [0, 0.1) is 0 Å². The molecule has 27 heavy (non-hydrogen) atoms. The van der Waals surface area contributed by atoms with E-state index in [0.717, 1.165) is 53.9 Å². The van der Waals surface area contributed by atoms with Crippen molar-refractivity contribution < 1.29 is 8.42 Å². The lowest BCUT2D eigenvalue weighted by Gasteiger charge is -2.24. The number of piperidine rings is 1. The summed E-state index contributed by atoms with van der Waals surface area (Å²) in [6, 6.07) is 7.33. The molecular weight excluding hydrogens is 362 g/mol. The Morgan fingerprint density at radius 2 is 1.85 bits per heavy atom. The Labute approximate surface area is 158 Å². The van der Waals surface area contributed by atoms with E-state index in [9.17, 15) is 8.42 Å². The third-order valence-electron chi connectivity index (χ3n) is 5.03. The zero-order valence-corrected chi connectivity index (χ0v) is 16.3. The molecule has 1 fully saturated rings. The van der Waals surface area contributed by atoms with Crippen LogP contribution in [0.15, 0.2) is 41.7 Å². The van der Waals surface area contributed by atoms with Gasteiger partial charge in [0, 0.05) is 31.1 Å². The zero-order valence-electron chi connectivity index (χ0n) is 15.4. The molecule has 2 N–H and O–H groups in total. The molecule has 0 atom stereocenters. The summed E-state index contributed by atoms with van der Waals surface area (Å²) in [5, 5.41) is 6.94. The van der Waals surface area contributed by atoms with Gasteiger partial charge >= 0.3 is 0 Å². The van der Waals surface area contributed by atoms with Crippen molar-refractivity contribution in [3.8, 4) is 11.1 Å². The van der Waals surface area contributed by atoms with Gasteiger partial charge in [0.05, 0.1) is 4.90 Å². The van der Waals surface area contributed by atoms with Gasteiger partial charge in [0.25, 0.3) is 0 Å². The van der Waals surface area contributed by atoms with Crippen molar-refractivity contribution in [3.63, 3.8) is 0 Å². The number of aryl methyl sites for hydroxylation is 1. The largest absolute Gasteiger partial charge is 0.365 e. The van der Waals surface area contributed by atoms with Gasteiger partial charge in [-0.3, -0.25) is 0 Å². The number of hydrogen-bond acceptors (Lipinski definition) is 6. The van der Waals surface area contributed by atoms with Crippen molar-refractivity contribution in [2.75, 3.05) is 24.7 Å². The van der Waals surface area contributed by atoms with E-state index in [1.54, 1.807) is 18.5 Å². The van der Waals surface area contributed by atoms with Gasteiger partial charge in [-0.1, -0.05) is 12.1 Å². The van der Waals surface area contributed by atoms with Gasteiger partial charge in [0.1, 0.15) is 17.4 Å². The van der Waals surface area contributed by atoms with Gasteiger partial charge in [0.15, 0.2) is 15.7 Å². The quantitative estimate of drug-likeness (QED) is 0.716. The van der Waals surface area contributed by atoms with E-state index in [0.29, 0.717) is 10.9 Å². The first-order valence-electron chi connectivity index (χ1n) is 9.01. The number of rotatable bonds is 4. The number of aromatic nitrogens is 3. The summed E-state index contributed by atoms with van der Waals surface area (Å²) in [5.74, 6) is 0.841. The van der Waals surface area contributed by atoms with E-state index < -0.39 is 9.84 Å². The third-order valence-corrected chi connectivity index (χ3v) is 6.15. The first-order valence-corrected chi connectivity index (χ1v) is 10.9. The highest BCUT2D eigenvalue weighted by Gasteiger charge is 2.19. The summed E-state index contributed by atoms with van der Waals surface area (Å²) in [6.45, 7) is 2.02. The van der Waals surface area contributed by atoms with Crippen LogP contribution in [0.5, 0.6) is 0 Å². The van der Waals surface area contributed by atoms with Gasteiger partial charge < -0.3 is 15.2 Å². The highest BCUT2D eigenvalue weighted by atomic mass is 32.2. The van der Waals surface area contributed by atoms with Gasteiger partial charge in [-0.2, -0.15) is 0 Å². The molecule has 0 amide bonds. The molecule has 1 aliphatic rings. The maximum atomic E-state index is 11.7. The van der Waals surface area contributed by atoms with E-state index in [4.69, 9.17) is 0 Å². The smallest absolute Gasteiger partial charge is 0.175 e. The Bertz CT molecular complexity index is 1070. The van der Waals surface area contributed by atoms with Gasteiger partial charge in [-0.25, -0.2) is 18.4 Å². The van der Waals surface area contributed by atoms with E-state index in [1.165, 1.54) is 6.26 Å². The first kappa shape index (κ1) is 17.9. The molecule has 2 aromatic heterocycles. The third kappa shape index (κ3) is 3.54. The van der Waals surface area contributed by atoms with Crippen molar-refractivity contribution >= 4 is 26.7 Å². The number of nitrogens with one attached hydrogen (secondary N) is 2. The van der Waals surface area contributed by atoms with Crippen LogP contribution in [0.25, 0.3) is 22.2 Å². The molecule has 1 saturated heterocycles.